The fourth-order valence-corrected chi connectivity index (χ4v) is 2.05. The predicted molar refractivity (Wildman–Crippen MR) is 77.0 cm³/mol. The summed E-state index contributed by atoms with van der Waals surface area (Å²) in [6.07, 6.45) is 12.0. The molecule has 0 N–H and O–H groups in total. The van der Waals surface area contributed by atoms with Gasteiger partial charge in [-0.05, 0) is 12.8 Å². The summed E-state index contributed by atoms with van der Waals surface area (Å²) in [6.45, 7) is 2.63. The summed E-state index contributed by atoms with van der Waals surface area (Å²) in [7, 11) is 0. The first-order valence-corrected chi connectivity index (χ1v) is 8.02. The number of carboxylic acid groups (broad SMARTS) is 1. The van der Waals surface area contributed by atoms with Crippen molar-refractivity contribution in [2.24, 2.45) is 0 Å². The van der Waals surface area contributed by atoms with Crippen LogP contribution in [0.2, 0.25) is 0 Å². The van der Waals surface area contributed by atoms with Crippen LogP contribution in [0.5, 0.6) is 0 Å². The largest absolute Gasteiger partial charge is 2.00 e. The standard InChI is InChI=1S/C16H30O4.Zn/c1-2-3-4-5-6-7-8-9-10-11-14-20-16(19)13-12-15(17)18;/h2-14H2,1H3,(H,17,18);/q;+2/p-1. The van der Waals surface area contributed by atoms with Gasteiger partial charge in [0.05, 0.1) is 13.0 Å². The molecule has 0 heterocycles. The number of unbranched alkanes of at least 4 members (excludes halogenated alkanes) is 9. The summed E-state index contributed by atoms with van der Waals surface area (Å²) in [4.78, 5) is 21.2. The van der Waals surface area contributed by atoms with E-state index in [0.717, 1.165) is 12.8 Å². The normalized spacial score (nSPS) is 9.95. The van der Waals surface area contributed by atoms with Crippen LogP contribution in [0.1, 0.15) is 84.0 Å². The Morgan fingerprint density at radius 1 is 0.810 bits per heavy atom. The average molecular weight is 351 g/mol. The second-order valence-corrected chi connectivity index (χ2v) is 5.27. The van der Waals surface area contributed by atoms with Gasteiger partial charge in [-0.25, -0.2) is 0 Å². The van der Waals surface area contributed by atoms with Gasteiger partial charge in [-0.2, -0.15) is 0 Å². The minimum absolute atomic E-state index is 0. The molecule has 0 rings (SSSR count). The van der Waals surface area contributed by atoms with Crippen LogP contribution in [0.4, 0.5) is 0 Å². The van der Waals surface area contributed by atoms with Crippen molar-refractivity contribution in [3.8, 4) is 0 Å². The van der Waals surface area contributed by atoms with E-state index in [0.29, 0.717) is 6.61 Å². The maximum Gasteiger partial charge on any atom is 2.00 e. The van der Waals surface area contributed by atoms with Crippen molar-refractivity contribution in [2.45, 2.75) is 84.0 Å². The van der Waals surface area contributed by atoms with Gasteiger partial charge in [0.2, 0.25) is 0 Å². The fraction of sp³-hybridized carbons (Fsp3) is 0.875. The first kappa shape index (κ1) is 22.8. The van der Waals surface area contributed by atoms with Crippen LogP contribution >= 0.6 is 0 Å². The Bertz CT molecular complexity index is 257. The number of carbonyl (C=O) groups excluding carboxylic acids is 2. The van der Waals surface area contributed by atoms with Crippen LogP contribution in [0, 0.1) is 0 Å². The van der Waals surface area contributed by atoms with Crippen LogP contribution < -0.4 is 5.11 Å². The SMILES string of the molecule is CCCCCCCCCCCCOC(=O)CCC(=O)[O-].[Zn+2]. The molecule has 0 atom stereocenters. The Labute approximate surface area is 141 Å². The number of aliphatic carboxylic acids is 1. The van der Waals surface area contributed by atoms with Gasteiger partial charge < -0.3 is 14.6 Å². The van der Waals surface area contributed by atoms with Crippen molar-refractivity contribution >= 4 is 11.9 Å². The number of esters is 1. The molecule has 5 heteroatoms. The predicted octanol–water partition coefficient (Wildman–Crippen LogP) is 2.98. The van der Waals surface area contributed by atoms with Gasteiger partial charge in [-0.1, -0.05) is 64.7 Å². The van der Waals surface area contributed by atoms with Crippen molar-refractivity contribution in [3.63, 3.8) is 0 Å². The molecule has 118 valence electrons. The first-order valence-electron chi connectivity index (χ1n) is 8.02. The van der Waals surface area contributed by atoms with E-state index >= 15 is 0 Å². The van der Waals surface area contributed by atoms with Crippen molar-refractivity contribution in [2.75, 3.05) is 6.61 Å². The average Bonchev–Trinajstić information content (AvgIpc) is 2.42. The topological polar surface area (TPSA) is 66.4 Å². The van der Waals surface area contributed by atoms with Gasteiger partial charge in [0.25, 0.3) is 0 Å². The van der Waals surface area contributed by atoms with E-state index in [-0.39, 0.29) is 32.3 Å². The van der Waals surface area contributed by atoms with Crippen molar-refractivity contribution in [1.82, 2.24) is 0 Å². The first-order chi connectivity index (χ1) is 9.66. The zero-order valence-corrected chi connectivity index (χ0v) is 16.5. The molecular weight excluding hydrogens is 322 g/mol. The summed E-state index contributed by atoms with van der Waals surface area (Å²) < 4.78 is 4.93. The van der Waals surface area contributed by atoms with Gasteiger partial charge in [-0.15, -0.1) is 0 Å². The Morgan fingerprint density at radius 3 is 1.76 bits per heavy atom. The number of hydrogen-bond donors (Lipinski definition) is 0. The van der Waals surface area contributed by atoms with Crippen LogP contribution in [-0.2, 0) is 33.8 Å². The third-order valence-corrected chi connectivity index (χ3v) is 3.29. The fourth-order valence-electron chi connectivity index (χ4n) is 2.05. The van der Waals surface area contributed by atoms with Crippen molar-refractivity contribution in [3.05, 3.63) is 0 Å². The van der Waals surface area contributed by atoms with Crippen LogP contribution in [0.15, 0.2) is 0 Å². The number of ether oxygens (including phenoxy) is 1. The van der Waals surface area contributed by atoms with Gasteiger partial charge >= 0.3 is 25.4 Å². The van der Waals surface area contributed by atoms with Gasteiger partial charge in [0.1, 0.15) is 0 Å². The molecule has 0 unspecified atom stereocenters. The number of carbonyl (C=O) groups is 2. The maximum absolute atomic E-state index is 11.1. The second-order valence-electron chi connectivity index (χ2n) is 5.27. The molecular formula is C16H29O4Zn+. The van der Waals surface area contributed by atoms with Crippen molar-refractivity contribution in [1.29, 1.82) is 0 Å². The van der Waals surface area contributed by atoms with Gasteiger partial charge in [0, 0.05) is 5.97 Å². The van der Waals surface area contributed by atoms with E-state index in [1.54, 1.807) is 0 Å². The Balaban J connectivity index is 0. The quantitative estimate of drug-likeness (QED) is 0.274. The van der Waals surface area contributed by atoms with Crippen molar-refractivity contribution < 1.29 is 38.9 Å². The van der Waals surface area contributed by atoms with E-state index in [1.807, 2.05) is 0 Å². The molecule has 21 heavy (non-hydrogen) atoms. The number of hydrogen-bond acceptors (Lipinski definition) is 4. The Morgan fingerprint density at radius 2 is 1.29 bits per heavy atom. The Hall–Kier alpha value is -0.437. The summed E-state index contributed by atoms with van der Waals surface area (Å²) in [5, 5.41) is 10.1. The molecule has 0 amide bonds. The second kappa shape index (κ2) is 17.6. The molecule has 0 saturated heterocycles. The van der Waals surface area contributed by atoms with E-state index in [9.17, 15) is 14.7 Å². The van der Waals surface area contributed by atoms with Gasteiger partial charge in [0.15, 0.2) is 0 Å². The monoisotopic (exact) mass is 349 g/mol. The summed E-state index contributed by atoms with van der Waals surface area (Å²) >= 11 is 0. The maximum atomic E-state index is 11.1. The summed E-state index contributed by atoms with van der Waals surface area (Å²) in [5.74, 6) is -1.65. The van der Waals surface area contributed by atoms with Crippen LogP contribution in [0.25, 0.3) is 0 Å². The third kappa shape index (κ3) is 19.6. The molecule has 0 spiro atoms. The number of carboxylic acids is 1. The van der Waals surface area contributed by atoms with E-state index in [4.69, 9.17) is 4.74 Å². The number of rotatable bonds is 14. The molecule has 0 fully saturated rings. The van der Waals surface area contributed by atoms with Crippen LogP contribution in [-0.4, -0.2) is 18.5 Å². The summed E-state index contributed by atoms with van der Waals surface area (Å²) in [6, 6.07) is 0. The van der Waals surface area contributed by atoms with E-state index < -0.39 is 11.9 Å². The smallest absolute Gasteiger partial charge is 0.550 e. The molecule has 0 aromatic carbocycles. The molecule has 0 aliphatic rings. The Kier molecular flexibility index (Phi) is 19.2. The molecule has 0 bridgehead atoms. The van der Waals surface area contributed by atoms with Gasteiger partial charge in [-0.3, -0.25) is 4.79 Å². The molecule has 0 aliphatic heterocycles. The summed E-state index contributed by atoms with van der Waals surface area (Å²) in [5.41, 5.74) is 0. The molecule has 4 nitrogen and oxygen atoms in total. The minimum atomic E-state index is -1.21. The zero-order valence-electron chi connectivity index (χ0n) is 13.5. The molecule has 0 saturated carbocycles. The molecule has 0 aromatic heterocycles. The zero-order chi connectivity index (χ0) is 15.1. The molecule has 0 aliphatic carbocycles. The molecule has 0 aromatic rings. The van der Waals surface area contributed by atoms with E-state index in [2.05, 4.69) is 6.92 Å². The third-order valence-electron chi connectivity index (χ3n) is 3.29. The molecule has 0 radical (unpaired) electrons. The minimum Gasteiger partial charge on any atom is -0.550 e. The van der Waals surface area contributed by atoms with E-state index in [1.165, 1.54) is 51.4 Å². The van der Waals surface area contributed by atoms with Crippen LogP contribution in [0.3, 0.4) is 0 Å².